The lowest BCUT2D eigenvalue weighted by Gasteiger charge is -2.29. The van der Waals surface area contributed by atoms with Gasteiger partial charge in [0.15, 0.2) is 0 Å². The first-order chi connectivity index (χ1) is 6.79. The van der Waals surface area contributed by atoms with E-state index in [1.807, 2.05) is 11.8 Å². The summed E-state index contributed by atoms with van der Waals surface area (Å²) in [6.45, 7) is 4.31. The standard InChI is InChI=1S/C11H16N2S/c1-9-3-2-4-10(11(9)12)13-5-7-14-8-6-13/h2-4H,5-8,12H2,1H3. The first kappa shape index (κ1) is 9.71. The van der Waals surface area contributed by atoms with E-state index in [2.05, 4.69) is 30.0 Å². The largest absolute Gasteiger partial charge is 0.397 e. The Morgan fingerprint density at radius 2 is 2.00 bits per heavy atom. The highest BCUT2D eigenvalue weighted by molar-refractivity contribution is 7.99. The van der Waals surface area contributed by atoms with Gasteiger partial charge in [0.05, 0.1) is 11.4 Å². The molecule has 0 atom stereocenters. The molecule has 0 unspecified atom stereocenters. The number of anilines is 2. The van der Waals surface area contributed by atoms with Gasteiger partial charge in [-0.3, -0.25) is 0 Å². The molecule has 0 saturated carbocycles. The van der Waals surface area contributed by atoms with Gasteiger partial charge in [-0.1, -0.05) is 12.1 Å². The summed E-state index contributed by atoms with van der Waals surface area (Å²) in [6, 6.07) is 6.28. The highest BCUT2D eigenvalue weighted by Crippen LogP contribution is 2.27. The molecule has 3 heteroatoms. The molecule has 0 amide bonds. The highest BCUT2D eigenvalue weighted by atomic mass is 32.2. The van der Waals surface area contributed by atoms with Crippen molar-refractivity contribution in [3.63, 3.8) is 0 Å². The minimum Gasteiger partial charge on any atom is -0.397 e. The van der Waals surface area contributed by atoms with Crippen LogP contribution >= 0.6 is 11.8 Å². The minimum atomic E-state index is 0.944. The first-order valence-electron chi connectivity index (χ1n) is 4.97. The molecule has 76 valence electrons. The van der Waals surface area contributed by atoms with E-state index in [9.17, 15) is 0 Å². The number of benzene rings is 1. The molecule has 0 aromatic heterocycles. The van der Waals surface area contributed by atoms with E-state index in [1.54, 1.807) is 0 Å². The first-order valence-corrected chi connectivity index (χ1v) is 6.12. The second kappa shape index (κ2) is 4.13. The van der Waals surface area contributed by atoms with Crippen molar-refractivity contribution in [2.75, 3.05) is 35.2 Å². The van der Waals surface area contributed by atoms with Gasteiger partial charge in [-0.15, -0.1) is 0 Å². The number of nitrogen functional groups attached to an aromatic ring is 1. The number of nitrogens with two attached hydrogens (primary N) is 1. The maximum absolute atomic E-state index is 6.06. The lowest BCUT2D eigenvalue weighted by atomic mass is 10.1. The fourth-order valence-corrected chi connectivity index (χ4v) is 2.65. The fourth-order valence-electron chi connectivity index (χ4n) is 1.75. The monoisotopic (exact) mass is 208 g/mol. The van der Waals surface area contributed by atoms with Crippen LogP contribution in [-0.2, 0) is 0 Å². The summed E-state index contributed by atoms with van der Waals surface area (Å²) in [7, 11) is 0. The highest BCUT2D eigenvalue weighted by Gasteiger charge is 2.13. The molecular formula is C11H16N2S. The second-order valence-corrected chi connectivity index (χ2v) is 4.83. The molecule has 1 aliphatic rings. The van der Waals surface area contributed by atoms with Crippen molar-refractivity contribution < 1.29 is 0 Å². The van der Waals surface area contributed by atoms with Gasteiger partial charge >= 0.3 is 0 Å². The zero-order valence-corrected chi connectivity index (χ0v) is 9.31. The van der Waals surface area contributed by atoms with Gasteiger partial charge in [0.25, 0.3) is 0 Å². The molecular weight excluding hydrogens is 192 g/mol. The van der Waals surface area contributed by atoms with Crippen LogP contribution in [0.15, 0.2) is 18.2 Å². The molecule has 0 aliphatic carbocycles. The fraction of sp³-hybridized carbons (Fsp3) is 0.455. The summed E-state index contributed by atoms with van der Waals surface area (Å²) in [5, 5.41) is 0. The maximum Gasteiger partial charge on any atom is 0.0603 e. The molecule has 1 heterocycles. The summed E-state index contributed by atoms with van der Waals surface area (Å²) < 4.78 is 0. The van der Waals surface area contributed by atoms with Crippen LogP contribution in [0.3, 0.4) is 0 Å². The topological polar surface area (TPSA) is 29.3 Å². The van der Waals surface area contributed by atoms with E-state index in [-0.39, 0.29) is 0 Å². The predicted octanol–water partition coefficient (Wildman–Crippen LogP) is 2.13. The number of nitrogens with zero attached hydrogens (tertiary/aromatic N) is 1. The molecule has 1 aromatic carbocycles. The number of rotatable bonds is 1. The van der Waals surface area contributed by atoms with Gasteiger partial charge < -0.3 is 10.6 Å². The number of hydrogen-bond acceptors (Lipinski definition) is 3. The third-order valence-corrected chi connectivity index (χ3v) is 3.60. The SMILES string of the molecule is Cc1cccc(N2CCSCC2)c1N. The second-order valence-electron chi connectivity index (χ2n) is 3.61. The number of para-hydroxylation sites is 1. The Morgan fingerprint density at radius 1 is 1.29 bits per heavy atom. The van der Waals surface area contributed by atoms with Crippen LogP contribution in [0.25, 0.3) is 0 Å². The van der Waals surface area contributed by atoms with Crippen molar-refractivity contribution in [2.24, 2.45) is 0 Å². The van der Waals surface area contributed by atoms with E-state index in [0.717, 1.165) is 18.8 Å². The van der Waals surface area contributed by atoms with E-state index in [1.165, 1.54) is 22.8 Å². The van der Waals surface area contributed by atoms with Gasteiger partial charge in [0.2, 0.25) is 0 Å². The Bertz CT molecular complexity index is 319. The zero-order chi connectivity index (χ0) is 9.97. The molecule has 1 fully saturated rings. The molecule has 0 radical (unpaired) electrons. The van der Waals surface area contributed by atoms with Gasteiger partial charge in [-0.25, -0.2) is 0 Å². The Kier molecular flexibility index (Phi) is 2.87. The average molecular weight is 208 g/mol. The van der Waals surface area contributed by atoms with Crippen LogP contribution < -0.4 is 10.6 Å². The lowest BCUT2D eigenvalue weighted by Crippen LogP contribution is -2.33. The van der Waals surface area contributed by atoms with Crippen LogP contribution in [0, 0.1) is 6.92 Å². The van der Waals surface area contributed by atoms with Crippen LogP contribution in [0.5, 0.6) is 0 Å². The summed E-state index contributed by atoms with van der Waals surface area (Å²) in [4.78, 5) is 2.39. The zero-order valence-electron chi connectivity index (χ0n) is 8.49. The molecule has 2 nitrogen and oxygen atoms in total. The van der Waals surface area contributed by atoms with Crippen LogP contribution in [0.2, 0.25) is 0 Å². The normalized spacial score (nSPS) is 17.1. The van der Waals surface area contributed by atoms with Gasteiger partial charge in [0, 0.05) is 24.6 Å². The Balaban J connectivity index is 2.26. The maximum atomic E-state index is 6.06. The van der Waals surface area contributed by atoms with Gasteiger partial charge in [-0.2, -0.15) is 11.8 Å². The predicted molar refractivity (Wildman–Crippen MR) is 65.1 cm³/mol. The van der Waals surface area contributed by atoms with Crippen molar-refractivity contribution in [1.29, 1.82) is 0 Å². The summed E-state index contributed by atoms with van der Waals surface area (Å²) >= 11 is 2.02. The van der Waals surface area contributed by atoms with E-state index >= 15 is 0 Å². The molecule has 1 saturated heterocycles. The molecule has 1 aromatic rings. The smallest absolute Gasteiger partial charge is 0.0603 e. The lowest BCUT2D eigenvalue weighted by molar-refractivity contribution is 0.859. The average Bonchev–Trinajstić information content (AvgIpc) is 2.23. The third kappa shape index (κ3) is 1.82. The number of thioether (sulfide) groups is 1. The van der Waals surface area contributed by atoms with Crippen molar-refractivity contribution >= 4 is 23.1 Å². The Morgan fingerprint density at radius 3 is 2.71 bits per heavy atom. The molecule has 2 rings (SSSR count). The van der Waals surface area contributed by atoms with Gasteiger partial charge in [-0.05, 0) is 18.6 Å². The van der Waals surface area contributed by atoms with Crippen molar-refractivity contribution in [3.8, 4) is 0 Å². The molecule has 0 bridgehead atoms. The van der Waals surface area contributed by atoms with E-state index in [0.29, 0.717) is 0 Å². The summed E-state index contributed by atoms with van der Waals surface area (Å²) in [5.74, 6) is 2.43. The Hall–Kier alpha value is -0.830. The van der Waals surface area contributed by atoms with Crippen LogP contribution in [0.1, 0.15) is 5.56 Å². The molecule has 2 N–H and O–H groups in total. The van der Waals surface area contributed by atoms with Crippen LogP contribution in [0.4, 0.5) is 11.4 Å². The number of aryl methyl sites for hydroxylation is 1. The quantitative estimate of drug-likeness (QED) is 0.717. The van der Waals surface area contributed by atoms with Crippen molar-refractivity contribution in [3.05, 3.63) is 23.8 Å². The third-order valence-electron chi connectivity index (χ3n) is 2.65. The van der Waals surface area contributed by atoms with Crippen molar-refractivity contribution in [1.82, 2.24) is 0 Å². The molecule has 1 aliphatic heterocycles. The van der Waals surface area contributed by atoms with Gasteiger partial charge in [0.1, 0.15) is 0 Å². The molecule has 14 heavy (non-hydrogen) atoms. The summed E-state index contributed by atoms with van der Waals surface area (Å²) in [5.41, 5.74) is 9.40. The van der Waals surface area contributed by atoms with Crippen molar-refractivity contribution in [2.45, 2.75) is 6.92 Å². The van der Waals surface area contributed by atoms with E-state index in [4.69, 9.17) is 5.73 Å². The minimum absolute atomic E-state index is 0.944. The Labute approximate surface area is 89.5 Å². The van der Waals surface area contributed by atoms with Crippen LogP contribution in [-0.4, -0.2) is 24.6 Å². The molecule has 0 spiro atoms. The summed E-state index contributed by atoms with van der Waals surface area (Å²) in [6.07, 6.45) is 0. The number of hydrogen-bond donors (Lipinski definition) is 1. The van der Waals surface area contributed by atoms with E-state index < -0.39 is 0 Å².